The van der Waals surface area contributed by atoms with Gasteiger partial charge in [0.2, 0.25) is 0 Å². The maximum Gasteiger partial charge on any atom is 0.271 e. The second-order valence-electron chi connectivity index (χ2n) is 4.43. The van der Waals surface area contributed by atoms with Crippen LogP contribution < -0.4 is 5.32 Å². The van der Waals surface area contributed by atoms with E-state index in [1.165, 1.54) is 12.1 Å². The molecule has 0 spiro atoms. The Kier molecular flexibility index (Phi) is 3.58. The summed E-state index contributed by atoms with van der Waals surface area (Å²) in [6.45, 7) is 0.173. The predicted octanol–water partition coefficient (Wildman–Crippen LogP) is 2.17. The van der Waals surface area contributed by atoms with E-state index in [1.54, 1.807) is 6.07 Å². The number of benzene rings is 1. The lowest BCUT2D eigenvalue weighted by Crippen LogP contribution is -2.26. The molecular weight excluding hydrogens is 220 g/mol. The smallest absolute Gasteiger partial charge is 0.271 e. The van der Waals surface area contributed by atoms with Crippen molar-refractivity contribution in [3.05, 3.63) is 34.4 Å². The fraction of sp³-hybridized carbons (Fsp3) is 0.500. The first-order valence-corrected chi connectivity index (χ1v) is 5.82. The van der Waals surface area contributed by atoms with E-state index >= 15 is 0 Å². The Bertz CT molecular complexity index is 408. The molecule has 1 aliphatic rings. The van der Waals surface area contributed by atoms with Gasteiger partial charge in [-0.1, -0.05) is 12.5 Å². The van der Waals surface area contributed by atoms with Gasteiger partial charge < -0.3 is 10.4 Å². The molecule has 0 aliphatic heterocycles. The summed E-state index contributed by atoms with van der Waals surface area (Å²) < 4.78 is 0. The lowest BCUT2D eigenvalue weighted by atomic mass is 10.0. The molecule has 0 aromatic heterocycles. The van der Waals surface area contributed by atoms with Crippen molar-refractivity contribution in [1.29, 1.82) is 0 Å². The summed E-state index contributed by atoms with van der Waals surface area (Å²) in [5.41, 5.74) is 0.845. The Balaban J connectivity index is 2.07. The number of non-ortho nitro benzene ring substituents is 1. The van der Waals surface area contributed by atoms with Crippen molar-refractivity contribution < 1.29 is 10.0 Å². The van der Waals surface area contributed by atoms with E-state index in [2.05, 4.69) is 5.32 Å². The standard InChI is InChI=1S/C12H16N2O3/c15-8-9-3-1-6-12(9)13-10-4-2-5-11(7-10)14(16)17/h2,4-5,7,9,12-13,15H,1,3,6,8H2. The van der Waals surface area contributed by atoms with Gasteiger partial charge in [-0.2, -0.15) is 0 Å². The largest absolute Gasteiger partial charge is 0.396 e. The van der Waals surface area contributed by atoms with E-state index in [4.69, 9.17) is 0 Å². The van der Waals surface area contributed by atoms with Crippen LogP contribution in [0.5, 0.6) is 0 Å². The number of nitrogens with one attached hydrogen (secondary N) is 1. The van der Waals surface area contributed by atoms with Crippen LogP contribution in [0.3, 0.4) is 0 Å². The minimum Gasteiger partial charge on any atom is -0.396 e. The number of nitrogens with zero attached hydrogens (tertiary/aromatic N) is 1. The molecule has 2 rings (SSSR count). The molecule has 0 radical (unpaired) electrons. The van der Waals surface area contributed by atoms with Crippen molar-refractivity contribution in [3.63, 3.8) is 0 Å². The summed E-state index contributed by atoms with van der Waals surface area (Å²) in [5, 5.41) is 23.1. The molecule has 5 nitrogen and oxygen atoms in total. The number of anilines is 1. The first-order valence-electron chi connectivity index (χ1n) is 5.82. The third kappa shape index (κ3) is 2.74. The highest BCUT2D eigenvalue weighted by Gasteiger charge is 2.26. The fourth-order valence-corrected chi connectivity index (χ4v) is 2.37. The monoisotopic (exact) mass is 236 g/mol. The van der Waals surface area contributed by atoms with Crippen LogP contribution in [-0.4, -0.2) is 22.7 Å². The SMILES string of the molecule is O=[N+]([O-])c1cccc(NC2CCCC2CO)c1. The van der Waals surface area contributed by atoms with Crippen LogP contribution in [0.4, 0.5) is 11.4 Å². The van der Waals surface area contributed by atoms with Crippen molar-refractivity contribution in [2.45, 2.75) is 25.3 Å². The highest BCUT2D eigenvalue weighted by atomic mass is 16.6. The van der Waals surface area contributed by atoms with Gasteiger partial charge in [-0.25, -0.2) is 0 Å². The molecule has 0 bridgehead atoms. The predicted molar refractivity (Wildman–Crippen MR) is 64.9 cm³/mol. The van der Waals surface area contributed by atoms with Crippen LogP contribution in [0.15, 0.2) is 24.3 Å². The topological polar surface area (TPSA) is 75.4 Å². The second-order valence-corrected chi connectivity index (χ2v) is 4.43. The van der Waals surface area contributed by atoms with Crippen molar-refractivity contribution in [2.24, 2.45) is 5.92 Å². The van der Waals surface area contributed by atoms with Gasteiger partial charge in [0.05, 0.1) is 4.92 Å². The molecule has 1 saturated carbocycles. The minimum absolute atomic E-state index is 0.0912. The Morgan fingerprint density at radius 1 is 1.47 bits per heavy atom. The van der Waals surface area contributed by atoms with Crippen LogP contribution in [0, 0.1) is 16.0 Å². The molecule has 17 heavy (non-hydrogen) atoms. The first kappa shape index (κ1) is 11.9. The van der Waals surface area contributed by atoms with E-state index in [9.17, 15) is 15.2 Å². The molecule has 0 saturated heterocycles. The van der Waals surface area contributed by atoms with Crippen molar-refractivity contribution in [1.82, 2.24) is 0 Å². The summed E-state index contributed by atoms with van der Waals surface area (Å²) in [4.78, 5) is 10.2. The number of rotatable bonds is 4. The molecule has 1 aromatic rings. The van der Waals surface area contributed by atoms with Gasteiger partial charge in [-0.05, 0) is 18.9 Å². The molecule has 0 heterocycles. The zero-order valence-corrected chi connectivity index (χ0v) is 9.50. The summed E-state index contributed by atoms with van der Waals surface area (Å²) in [6.07, 6.45) is 3.12. The molecule has 0 amide bonds. The number of hydrogen-bond donors (Lipinski definition) is 2. The normalized spacial score (nSPS) is 23.6. The zero-order chi connectivity index (χ0) is 12.3. The zero-order valence-electron chi connectivity index (χ0n) is 9.50. The van der Waals surface area contributed by atoms with Gasteiger partial charge in [-0.3, -0.25) is 10.1 Å². The quantitative estimate of drug-likeness (QED) is 0.620. The maximum absolute atomic E-state index is 10.6. The molecule has 1 aliphatic carbocycles. The Labute approximate surface area is 99.6 Å². The summed E-state index contributed by atoms with van der Waals surface area (Å²) in [6, 6.07) is 6.72. The van der Waals surface area contributed by atoms with E-state index in [-0.39, 0.29) is 24.3 Å². The number of nitro groups is 1. The van der Waals surface area contributed by atoms with Gasteiger partial charge >= 0.3 is 0 Å². The van der Waals surface area contributed by atoms with E-state index in [0.29, 0.717) is 0 Å². The highest BCUT2D eigenvalue weighted by molar-refractivity contribution is 5.51. The number of hydrogen-bond acceptors (Lipinski definition) is 4. The molecule has 92 valence electrons. The maximum atomic E-state index is 10.6. The summed E-state index contributed by atoms with van der Waals surface area (Å²) in [5.74, 6) is 0.259. The fourth-order valence-electron chi connectivity index (χ4n) is 2.37. The third-order valence-electron chi connectivity index (χ3n) is 3.30. The Hall–Kier alpha value is -1.62. The number of aliphatic hydroxyl groups excluding tert-OH is 1. The van der Waals surface area contributed by atoms with Gasteiger partial charge in [0.1, 0.15) is 0 Å². The molecule has 2 N–H and O–H groups in total. The number of aliphatic hydroxyl groups is 1. The van der Waals surface area contributed by atoms with Crippen LogP contribution in [0.1, 0.15) is 19.3 Å². The lowest BCUT2D eigenvalue weighted by Gasteiger charge is -2.20. The van der Waals surface area contributed by atoms with Gasteiger partial charge in [0, 0.05) is 36.4 Å². The average Bonchev–Trinajstić information content (AvgIpc) is 2.76. The molecular formula is C12H16N2O3. The van der Waals surface area contributed by atoms with Crippen molar-refractivity contribution in [3.8, 4) is 0 Å². The van der Waals surface area contributed by atoms with Gasteiger partial charge in [-0.15, -0.1) is 0 Å². The van der Waals surface area contributed by atoms with Crippen LogP contribution in [-0.2, 0) is 0 Å². The van der Waals surface area contributed by atoms with Crippen molar-refractivity contribution >= 4 is 11.4 Å². The average molecular weight is 236 g/mol. The minimum atomic E-state index is -0.399. The molecule has 2 unspecified atom stereocenters. The molecule has 1 aromatic carbocycles. The number of nitro benzene ring substituents is 1. The van der Waals surface area contributed by atoms with Crippen LogP contribution in [0.25, 0.3) is 0 Å². The van der Waals surface area contributed by atoms with Crippen molar-refractivity contribution in [2.75, 3.05) is 11.9 Å². The summed E-state index contributed by atoms with van der Waals surface area (Å²) >= 11 is 0. The Morgan fingerprint density at radius 3 is 3.00 bits per heavy atom. The second kappa shape index (κ2) is 5.14. The van der Waals surface area contributed by atoms with E-state index in [0.717, 1.165) is 24.9 Å². The van der Waals surface area contributed by atoms with E-state index in [1.807, 2.05) is 6.07 Å². The summed E-state index contributed by atoms with van der Waals surface area (Å²) in [7, 11) is 0. The molecule has 2 atom stereocenters. The van der Waals surface area contributed by atoms with E-state index < -0.39 is 4.92 Å². The Morgan fingerprint density at radius 2 is 2.29 bits per heavy atom. The first-order chi connectivity index (χ1) is 8.20. The lowest BCUT2D eigenvalue weighted by molar-refractivity contribution is -0.384. The van der Waals surface area contributed by atoms with Gasteiger partial charge in [0.25, 0.3) is 5.69 Å². The van der Waals surface area contributed by atoms with Crippen LogP contribution in [0.2, 0.25) is 0 Å². The van der Waals surface area contributed by atoms with Gasteiger partial charge in [0.15, 0.2) is 0 Å². The van der Waals surface area contributed by atoms with Crippen LogP contribution >= 0.6 is 0 Å². The third-order valence-corrected chi connectivity index (χ3v) is 3.30. The molecule has 5 heteroatoms. The molecule has 1 fully saturated rings. The highest BCUT2D eigenvalue weighted by Crippen LogP contribution is 2.29.